The van der Waals surface area contributed by atoms with Gasteiger partial charge in [-0.15, -0.1) is 0 Å². The molecule has 37 heavy (non-hydrogen) atoms. The van der Waals surface area contributed by atoms with E-state index in [1.165, 1.54) is 0 Å². The summed E-state index contributed by atoms with van der Waals surface area (Å²) in [4.78, 5) is 25.3. The number of hydrogen-bond acceptors (Lipinski definition) is 6. The first-order valence-electron chi connectivity index (χ1n) is 12.6. The fourth-order valence-corrected chi connectivity index (χ4v) is 4.82. The molecule has 6 heteroatoms. The Bertz CT molecular complexity index is 1400. The smallest absolute Gasteiger partial charge is 0.316 e. The van der Waals surface area contributed by atoms with E-state index in [1.807, 2.05) is 85.8 Å². The van der Waals surface area contributed by atoms with Crippen molar-refractivity contribution in [2.75, 3.05) is 6.61 Å². The standard InChI is InChI=1S/C31H30N2O4/c1-3-36-30(35)31(17-18-31)25-15-13-23(14-16-25)22-9-11-24(12-10-22)29-27(20(2)33-37-29)28(32)26(34)19-21-7-5-4-6-8-21/h4-16,28H,3,17-19,32H2,1-2H3. The van der Waals surface area contributed by atoms with Crippen LogP contribution in [0.15, 0.2) is 83.4 Å². The summed E-state index contributed by atoms with van der Waals surface area (Å²) >= 11 is 0. The lowest BCUT2D eigenvalue weighted by Gasteiger charge is -2.15. The van der Waals surface area contributed by atoms with Crippen molar-refractivity contribution in [3.8, 4) is 22.5 Å². The second-order valence-corrected chi connectivity index (χ2v) is 9.57. The third-order valence-corrected chi connectivity index (χ3v) is 7.12. The second kappa shape index (κ2) is 10.1. The van der Waals surface area contributed by atoms with Crippen molar-refractivity contribution in [1.29, 1.82) is 0 Å². The fraction of sp³-hybridized carbons (Fsp3) is 0.258. The number of esters is 1. The van der Waals surface area contributed by atoms with Crippen LogP contribution in [0.4, 0.5) is 0 Å². The van der Waals surface area contributed by atoms with E-state index in [-0.39, 0.29) is 18.2 Å². The van der Waals surface area contributed by atoms with Crippen LogP contribution in [-0.2, 0) is 26.2 Å². The van der Waals surface area contributed by atoms with Gasteiger partial charge in [0.25, 0.3) is 0 Å². The highest BCUT2D eigenvalue weighted by molar-refractivity contribution is 5.89. The molecule has 1 aliphatic carbocycles. The highest BCUT2D eigenvalue weighted by atomic mass is 16.5. The van der Waals surface area contributed by atoms with E-state index in [0.29, 0.717) is 23.6 Å². The van der Waals surface area contributed by atoms with Gasteiger partial charge in [0, 0.05) is 17.5 Å². The molecule has 1 aliphatic rings. The molecule has 188 valence electrons. The molecule has 3 aromatic carbocycles. The van der Waals surface area contributed by atoms with Gasteiger partial charge in [0.05, 0.1) is 23.8 Å². The zero-order chi connectivity index (χ0) is 26.0. The molecule has 2 N–H and O–H groups in total. The third-order valence-electron chi connectivity index (χ3n) is 7.12. The Hall–Kier alpha value is -4.03. The van der Waals surface area contributed by atoms with Crippen LogP contribution >= 0.6 is 0 Å². The summed E-state index contributed by atoms with van der Waals surface area (Å²) in [6, 6.07) is 24.7. The highest BCUT2D eigenvalue weighted by Gasteiger charge is 2.52. The molecule has 0 aliphatic heterocycles. The minimum absolute atomic E-state index is 0.0910. The lowest BCUT2D eigenvalue weighted by atomic mass is 9.92. The minimum Gasteiger partial charge on any atom is -0.465 e. The van der Waals surface area contributed by atoms with Gasteiger partial charge in [0.2, 0.25) is 0 Å². The average molecular weight is 495 g/mol. The number of carbonyl (C=O) groups is 2. The molecule has 0 spiro atoms. The molecule has 4 aromatic rings. The van der Waals surface area contributed by atoms with Crippen LogP contribution in [0.25, 0.3) is 22.5 Å². The maximum atomic E-state index is 12.9. The van der Waals surface area contributed by atoms with Crippen molar-refractivity contribution in [2.24, 2.45) is 5.73 Å². The van der Waals surface area contributed by atoms with E-state index in [4.69, 9.17) is 15.0 Å². The molecule has 0 saturated heterocycles. The Kier molecular flexibility index (Phi) is 6.76. The van der Waals surface area contributed by atoms with Crippen LogP contribution in [0.1, 0.15) is 48.2 Å². The maximum Gasteiger partial charge on any atom is 0.316 e. The number of carbonyl (C=O) groups excluding carboxylic acids is 2. The lowest BCUT2D eigenvalue weighted by Crippen LogP contribution is -2.24. The molecule has 6 nitrogen and oxygen atoms in total. The molecular formula is C31H30N2O4. The van der Waals surface area contributed by atoms with Gasteiger partial charge in [-0.05, 0) is 48.9 Å². The predicted octanol–water partition coefficient (Wildman–Crippen LogP) is 5.72. The Labute approximate surface area is 216 Å². The SMILES string of the molecule is CCOC(=O)C1(c2ccc(-c3ccc(-c4onc(C)c4C(N)C(=O)Cc4ccccc4)cc3)cc2)CC1. The number of benzene rings is 3. The Morgan fingerprint density at radius 3 is 2.14 bits per heavy atom. The molecule has 1 fully saturated rings. The summed E-state index contributed by atoms with van der Waals surface area (Å²) in [5.74, 6) is 0.288. The lowest BCUT2D eigenvalue weighted by molar-refractivity contribution is -0.146. The fourth-order valence-electron chi connectivity index (χ4n) is 4.82. The Balaban J connectivity index is 1.34. The topological polar surface area (TPSA) is 95.4 Å². The van der Waals surface area contributed by atoms with Crippen LogP contribution in [0.5, 0.6) is 0 Å². The van der Waals surface area contributed by atoms with Crippen molar-refractivity contribution in [3.05, 3.63) is 101 Å². The van der Waals surface area contributed by atoms with Crippen molar-refractivity contribution >= 4 is 11.8 Å². The zero-order valence-electron chi connectivity index (χ0n) is 21.1. The number of hydrogen-bond donors (Lipinski definition) is 1. The Morgan fingerprint density at radius 2 is 1.54 bits per heavy atom. The van der Waals surface area contributed by atoms with Crippen LogP contribution in [0.2, 0.25) is 0 Å². The van der Waals surface area contributed by atoms with E-state index in [1.54, 1.807) is 6.92 Å². The zero-order valence-corrected chi connectivity index (χ0v) is 21.1. The Morgan fingerprint density at radius 1 is 0.946 bits per heavy atom. The van der Waals surface area contributed by atoms with Crippen molar-refractivity contribution in [2.45, 2.75) is 44.6 Å². The molecule has 1 atom stereocenters. The molecule has 5 rings (SSSR count). The summed E-state index contributed by atoms with van der Waals surface area (Å²) in [6.45, 7) is 4.03. The predicted molar refractivity (Wildman–Crippen MR) is 142 cm³/mol. The molecule has 0 radical (unpaired) electrons. The van der Waals surface area contributed by atoms with Gasteiger partial charge in [-0.1, -0.05) is 84.0 Å². The second-order valence-electron chi connectivity index (χ2n) is 9.57. The van der Waals surface area contributed by atoms with Gasteiger partial charge in [0.15, 0.2) is 11.5 Å². The summed E-state index contributed by atoms with van der Waals surface area (Å²) < 4.78 is 10.9. The van der Waals surface area contributed by atoms with Gasteiger partial charge < -0.3 is 15.0 Å². The number of nitrogens with zero attached hydrogens (tertiary/aromatic N) is 1. The van der Waals surface area contributed by atoms with Gasteiger partial charge in [0.1, 0.15) is 0 Å². The molecule has 1 aromatic heterocycles. The molecule has 0 bridgehead atoms. The van der Waals surface area contributed by atoms with E-state index < -0.39 is 11.5 Å². The van der Waals surface area contributed by atoms with Crippen LogP contribution in [0, 0.1) is 6.92 Å². The molecule has 1 saturated carbocycles. The normalized spacial score (nSPS) is 14.7. The maximum absolute atomic E-state index is 12.9. The van der Waals surface area contributed by atoms with Crippen LogP contribution in [-0.4, -0.2) is 23.5 Å². The van der Waals surface area contributed by atoms with Crippen molar-refractivity contribution in [1.82, 2.24) is 5.16 Å². The molecule has 0 amide bonds. The number of aromatic nitrogens is 1. The summed E-state index contributed by atoms with van der Waals surface area (Å²) in [5, 5.41) is 4.10. The number of rotatable bonds is 9. The molecule has 1 heterocycles. The molecular weight excluding hydrogens is 464 g/mol. The minimum atomic E-state index is -0.831. The first-order valence-corrected chi connectivity index (χ1v) is 12.6. The first-order chi connectivity index (χ1) is 17.9. The number of ketones is 1. The number of ether oxygens (including phenoxy) is 1. The third kappa shape index (κ3) is 4.85. The monoisotopic (exact) mass is 494 g/mol. The first kappa shape index (κ1) is 24.7. The average Bonchev–Trinajstić information content (AvgIpc) is 3.65. The largest absolute Gasteiger partial charge is 0.465 e. The summed E-state index contributed by atoms with van der Waals surface area (Å²) in [6.07, 6.45) is 1.90. The van der Waals surface area contributed by atoms with Gasteiger partial charge in [-0.2, -0.15) is 0 Å². The molecule has 1 unspecified atom stereocenters. The number of nitrogens with two attached hydrogens (primary N) is 1. The van der Waals surface area contributed by atoms with Gasteiger partial charge in [-0.25, -0.2) is 0 Å². The highest BCUT2D eigenvalue weighted by Crippen LogP contribution is 2.49. The van der Waals surface area contributed by atoms with E-state index in [0.717, 1.165) is 40.7 Å². The van der Waals surface area contributed by atoms with Gasteiger partial charge in [-0.3, -0.25) is 9.59 Å². The van der Waals surface area contributed by atoms with Crippen molar-refractivity contribution < 1.29 is 18.8 Å². The van der Waals surface area contributed by atoms with Gasteiger partial charge >= 0.3 is 5.97 Å². The summed E-state index contributed by atoms with van der Waals surface area (Å²) in [5.41, 5.74) is 11.9. The number of Topliss-reactive ketones (excluding diaryl/α,β-unsaturated/α-hetero) is 1. The van der Waals surface area contributed by atoms with E-state index in [2.05, 4.69) is 5.16 Å². The quantitative estimate of drug-likeness (QED) is 0.299. The van der Waals surface area contributed by atoms with E-state index >= 15 is 0 Å². The van der Waals surface area contributed by atoms with Crippen LogP contribution in [0.3, 0.4) is 0 Å². The summed E-state index contributed by atoms with van der Waals surface area (Å²) in [7, 11) is 0. The van der Waals surface area contributed by atoms with Crippen molar-refractivity contribution in [3.63, 3.8) is 0 Å². The van der Waals surface area contributed by atoms with E-state index in [9.17, 15) is 9.59 Å². The number of aryl methyl sites for hydroxylation is 1. The van der Waals surface area contributed by atoms with Crippen LogP contribution < -0.4 is 5.73 Å².